The molecule has 0 atom stereocenters. The Morgan fingerprint density at radius 2 is 1.77 bits per heavy atom. The molecule has 1 aromatic heterocycles. The molecule has 0 saturated heterocycles. The van der Waals surface area contributed by atoms with Crippen molar-refractivity contribution in [1.29, 1.82) is 0 Å². The maximum absolute atomic E-state index is 13.8. The lowest BCUT2D eigenvalue weighted by molar-refractivity contribution is -0.114. The van der Waals surface area contributed by atoms with Gasteiger partial charge in [0.25, 0.3) is 0 Å². The van der Waals surface area contributed by atoms with Crippen LogP contribution in [0.2, 0.25) is 0 Å². The van der Waals surface area contributed by atoms with Crippen molar-refractivity contribution in [1.82, 2.24) is 4.98 Å². The first-order valence-corrected chi connectivity index (χ1v) is 10.1. The smallest absolute Gasteiger partial charge is 0.221 e. The molecule has 0 unspecified atom stereocenters. The summed E-state index contributed by atoms with van der Waals surface area (Å²) in [5, 5.41) is 16.5. The number of pyridine rings is 1. The van der Waals surface area contributed by atoms with Crippen molar-refractivity contribution in [2.75, 3.05) is 10.6 Å². The largest absolute Gasteiger partial charge is 0.507 e. The van der Waals surface area contributed by atoms with Crippen molar-refractivity contribution < 1.29 is 14.3 Å². The molecule has 1 aliphatic carbocycles. The number of hydrogen-bond acceptors (Lipinski definition) is 4. The van der Waals surface area contributed by atoms with Gasteiger partial charge in [-0.25, -0.2) is 9.37 Å². The summed E-state index contributed by atoms with van der Waals surface area (Å²) in [4.78, 5) is 15.9. The van der Waals surface area contributed by atoms with Gasteiger partial charge in [-0.05, 0) is 66.4 Å². The number of aromatic hydroxyl groups is 1. The number of anilines is 2. The molecule has 1 aliphatic rings. The molecule has 2 aromatic carbocycles. The quantitative estimate of drug-likeness (QED) is 0.519. The number of nitrogens with one attached hydrogen (secondary N) is 2. The summed E-state index contributed by atoms with van der Waals surface area (Å²) in [6, 6.07) is 15.5. The van der Waals surface area contributed by atoms with E-state index in [9.17, 15) is 14.3 Å². The van der Waals surface area contributed by atoms with E-state index in [1.807, 2.05) is 36.4 Å². The van der Waals surface area contributed by atoms with E-state index in [4.69, 9.17) is 0 Å². The van der Waals surface area contributed by atoms with Crippen LogP contribution in [0.1, 0.15) is 32.6 Å². The molecule has 1 saturated carbocycles. The van der Waals surface area contributed by atoms with E-state index in [-0.39, 0.29) is 11.7 Å². The van der Waals surface area contributed by atoms with Crippen LogP contribution in [0, 0.1) is 5.82 Å². The van der Waals surface area contributed by atoms with E-state index in [2.05, 4.69) is 15.6 Å². The van der Waals surface area contributed by atoms with Crippen LogP contribution in [-0.2, 0) is 4.79 Å². The average Bonchev–Trinajstić information content (AvgIpc) is 3.22. The van der Waals surface area contributed by atoms with Crippen LogP contribution in [0.25, 0.3) is 22.4 Å². The molecule has 0 bridgehead atoms. The van der Waals surface area contributed by atoms with E-state index in [1.165, 1.54) is 38.0 Å². The summed E-state index contributed by atoms with van der Waals surface area (Å²) in [6.45, 7) is 1.47. The monoisotopic (exact) mass is 405 g/mol. The molecule has 6 heteroatoms. The molecule has 1 fully saturated rings. The number of aromatic nitrogens is 1. The lowest BCUT2D eigenvalue weighted by atomic mass is 10.0. The lowest BCUT2D eigenvalue weighted by Gasteiger charge is -2.16. The van der Waals surface area contributed by atoms with Gasteiger partial charge >= 0.3 is 0 Å². The Labute approximate surface area is 175 Å². The Morgan fingerprint density at radius 1 is 1.03 bits per heavy atom. The topological polar surface area (TPSA) is 74.2 Å². The molecule has 154 valence electrons. The van der Waals surface area contributed by atoms with Gasteiger partial charge in [-0.3, -0.25) is 4.79 Å². The number of carbonyl (C=O) groups excluding carboxylic acids is 1. The first kappa shape index (κ1) is 19.9. The molecule has 4 rings (SSSR count). The fourth-order valence-electron chi connectivity index (χ4n) is 3.85. The molecule has 1 amide bonds. The van der Waals surface area contributed by atoms with Crippen molar-refractivity contribution in [2.24, 2.45) is 0 Å². The highest BCUT2D eigenvalue weighted by molar-refractivity contribution is 5.89. The van der Waals surface area contributed by atoms with E-state index >= 15 is 0 Å². The molecule has 30 heavy (non-hydrogen) atoms. The molecule has 1 heterocycles. The first-order valence-electron chi connectivity index (χ1n) is 10.1. The number of nitrogens with zero attached hydrogens (tertiary/aromatic N) is 1. The Kier molecular flexibility index (Phi) is 5.65. The number of benzene rings is 2. The van der Waals surface area contributed by atoms with Crippen LogP contribution in [-0.4, -0.2) is 22.0 Å². The minimum atomic E-state index is -0.431. The highest BCUT2D eigenvalue weighted by Gasteiger charge is 2.17. The van der Waals surface area contributed by atoms with Crippen molar-refractivity contribution in [3.05, 3.63) is 60.4 Å². The Morgan fingerprint density at radius 3 is 2.47 bits per heavy atom. The zero-order chi connectivity index (χ0) is 21.1. The van der Waals surface area contributed by atoms with Gasteiger partial charge < -0.3 is 15.7 Å². The highest BCUT2D eigenvalue weighted by atomic mass is 19.1. The molecular formula is C24H24FN3O2. The third-order valence-electron chi connectivity index (χ3n) is 5.31. The van der Waals surface area contributed by atoms with Gasteiger partial charge in [0.05, 0.1) is 5.69 Å². The molecule has 5 nitrogen and oxygen atoms in total. The first-order chi connectivity index (χ1) is 14.5. The third kappa shape index (κ3) is 4.59. The minimum absolute atomic E-state index is 0.0196. The van der Waals surface area contributed by atoms with Crippen LogP contribution < -0.4 is 10.6 Å². The maximum Gasteiger partial charge on any atom is 0.221 e. The van der Waals surface area contributed by atoms with Crippen molar-refractivity contribution in [2.45, 2.75) is 38.6 Å². The van der Waals surface area contributed by atoms with Crippen LogP contribution in [0.3, 0.4) is 0 Å². The van der Waals surface area contributed by atoms with Gasteiger partial charge in [0.2, 0.25) is 5.91 Å². The summed E-state index contributed by atoms with van der Waals surface area (Å²) >= 11 is 0. The summed E-state index contributed by atoms with van der Waals surface area (Å²) < 4.78 is 13.8. The van der Waals surface area contributed by atoms with Gasteiger partial charge in [0.15, 0.2) is 0 Å². The summed E-state index contributed by atoms with van der Waals surface area (Å²) in [5.41, 5.74) is 3.38. The summed E-state index contributed by atoms with van der Waals surface area (Å²) in [5.74, 6) is 0.122. The number of hydrogen-bond donors (Lipinski definition) is 3. The number of phenolic OH excluding ortho intramolecular Hbond substituents is 1. The van der Waals surface area contributed by atoms with Crippen LogP contribution in [0.5, 0.6) is 5.75 Å². The van der Waals surface area contributed by atoms with Crippen molar-refractivity contribution in [3.63, 3.8) is 0 Å². The third-order valence-corrected chi connectivity index (χ3v) is 5.31. The van der Waals surface area contributed by atoms with E-state index in [0.717, 1.165) is 24.0 Å². The van der Waals surface area contributed by atoms with Crippen LogP contribution >= 0.6 is 0 Å². The summed E-state index contributed by atoms with van der Waals surface area (Å²) in [7, 11) is 0. The molecule has 3 N–H and O–H groups in total. The second kappa shape index (κ2) is 8.53. The Balaban J connectivity index is 1.75. The van der Waals surface area contributed by atoms with E-state index in [0.29, 0.717) is 28.8 Å². The lowest BCUT2D eigenvalue weighted by Crippen LogP contribution is -2.15. The van der Waals surface area contributed by atoms with Gasteiger partial charge in [0.1, 0.15) is 17.4 Å². The zero-order valence-electron chi connectivity index (χ0n) is 16.8. The maximum atomic E-state index is 13.8. The molecule has 0 aliphatic heterocycles. The predicted molar refractivity (Wildman–Crippen MR) is 117 cm³/mol. The van der Waals surface area contributed by atoms with Gasteiger partial charge in [-0.1, -0.05) is 25.0 Å². The van der Waals surface area contributed by atoms with Gasteiger partial charge in [0, 0.05) is 24.2 Å². The summed E-state index contributed by atoms with van der Waals surface area (Å²) in [6.07, 6.45) is 4.58. The Hall–Kier alpha value is -3.41. The minimum Gasteiger partial charge on any atom is -0.507 e. The average molecular weight is 405 g/mol. The van der Waals surface area contributed by atoms with Crippen LogP contribution in [0.4, 0.5) is 15.9 Å². The number of halogens is 1. The van der Waals surface area contributed by atoms with Crippen LogP contribution in [0.15, 0.2) is 54.6 Å². The number of rotatable bonds is 5. The van der Waals surface area contributed by atoms with Crippen molar-refractivity contribution in [3.8, 4) is 28.1 Å². The number of amides is 1. The molecule has 0 radical (unpaired) electrons. The second-order valence-electron chi connectivity index (χ2n) is 7.67. The van der Waals surface area contributed by atoms with E-state index < -0.39 is 5.82 Å². The second-order valence-corrected chi connectivity index (χ2v) is 7.67. The van der Waals surface area contributed by atoms with Gasteiger partial charge in [-0.15, -0.1) is 0 Å². The fraction of sp³-hybridized carbons (Fsp3) is 0.250. The van der Waals surface area contributed by atoms with Crippen molar-refractivity contribution >= 4 is 17.4 Å². The molecular weight excluding hydrogens is 381 g/mol. The predicted octanol–water partition coefficient (Wildman–Crippen LogP) is 5.57. The number of carbonyl (C=O) groups is 1. The number of phenols is 1. The zero-order valence-corrected chi connectivity index (χ0v) is 16.8. The standard InChI is InChI=1S/C24H24FN3O2/c1-15(29)26-20-9-6-16(7-10-20)17-12-22(21-14-18(25)8-11-23(21)30)28-24(13-17)27-19-4-2-3-5-19/h6-14,19,30H,2-5H2,1H3,(H,26,29)(H,27,28). The fourth-order valence-corrected chi connectivity index (χ4v) is 3.85. The molecule has 0 spiro atoms. The normalized spacial score (nSPS) is 13.9. The Bertz CT molecular complexity index is 1060. The molecule has 3 aromatic rings. The SMILES string of the molecule is CC(=O)Nc1ccc(-c2cc(NC3CCCC3)nc(-c3cc(F)ccc3O)c2)cc1. The van der Waals surface area contributed by atoms with E-state index in [1.54, 1.807) is 0 Å². The highest BCUT2D eigenvalue weighted by Crippen LogP contribution is 2.34. The van der Waals surface area contributed by atoms with Gasteiger partial charge in [-0.2, -0.15) is 0 Å².